The lowest BCUT2D eigenvalue weighted by Gasteiger charge is -2.13. The molecule has 3 aromatic heterocycles. The molecule has 10 aromatic rings. The number of nitrogens with zero attached hydrogens (tertiary/aromatic N) is 4. The number of hydrogen-bond donors (Lipinski definition) is 0. The van der Waals surface area contributed by atoms with Gasteiger partial charge >= 0.3 is 0 Å². The van der Waals surface area contributed by atoms with Crippen molar-refractivity contribution in [1.82, 2.24) is 19.5 Å². The summed E-state index contributed by atoms with van der Waals surface area (Å²) < 4.78 is 93.6. The molecular weight excluding hydrogens is 613 g/mol. The van der Waals surface area contributed by atoms with Crippen LogP contribution in [0.3, 0.4) is 0 Å². The number of aromatic nitrogens is 4. The van der Waals surface area contributed by atoms with Crippen LogP contribution >= 0.6 is 0 Å². The highest BCUT2D eigenvalue weighted by Gasteiger charge is 2.21. The molecule has 0 saturated heterocycles. The molecule has 0 aliphatic heterocycles. The molecule has 0 N–H and O–H groups in total. The fourth-order valence-electron chi connectivity index (χ4n) is 6.72. The van der Waals surface area contributed by atoms with E-state index in [0.29, 0.717) is 16.7 Å². The van der Waals surface area contributed by atoms with E-state index >= 15 is 0 Å². The Kier molecular flexibility index (Phi) is 4.52. The predicted molar refractivity (Wildman–Crippen MR) is 203 cm³/mol. The zero-order valence-corrected chi connectivity index (χ0v) is 26.1. The maximum Gasteiger partial charge on any atom is 0.166 e. The standard InChI is InChI=1S/C45H28N4O/c1-4-14-29(15-5-1)33-21-13-25-40-41(33)37-28-32(26-27-39(37)50-40)49-38-24-11-10-20-34(38)35-22-12-23-36(42(35)49)45-47-43(30-16-6-2-7-17-30)46-44(48-45)31-18-8-3-9-19-31/h1-28H/i2D,3D,6D,7D,8D,9D,16D,17D,18D,19D. The largest absolute Gasteiger partial charge is 0.456 e. The van der Waals surface area contributed by atoms with E-state index in [1.807, 2.05) is 78.9 Å². The first kappa shape index (κ1) is 19.8. The minimum absolute atomic E-state index is 0.0236. The Bertz CT molecular complexity index is 3310. The molecule has 0 saturated carbocycles. The predicted octanol–water partition coefficient (Wildman–Crippen LogP) is 11.5. The van der Waals surface area contributed by atoms with Crippen LogP contribution in [0.25, 0.3) is 94.7 Å². The van der Waals surface area contributed by atoms with E-state index in [2.05, 4.69) is 33.8 Å². The summed E-state index contributed by atoms with van der Waals surface area (Å²) in [6.07, 6.45) is 0. The number of furan rings is 1. The van der Waals surface area contributed by atoms with Crippen LogP contribution in [0.5, 0.6) is 0 Å². The molecule has 3 heterocycles. The number of hydrogen-bond acceptors (Lipinski definition) is 4. The lowest BCUT2D eigenvalue weighted by molar-refractivity contribution is 0.669. The third-order valence-corrected chi connectivity index (χ3v) is 8.84. The van der Waals surface area contributed by atoms with E-state index in [-0.39, 0.29) is 28.6 Å². The third kappa shape index (κ3) is 4.52. The van der Waals surface area contributed by atoms with Gasteiger partial charge in [0.2, 0.25) is 0 Å². The molecule has 0 bridgehead atoms. The molecule has 0 atom stereocenters. The number of benzene rings is 7. The maximum atomic E-state index is 8.79. The molecule has 0 amide bonds. The van der Waals surface area contributed by atoms with Crippen molar-refractivity contribution in [3.63, 3.8) is 0 Å². The van der Waals surface area contributed by atoms with Crippen molar-refractivity contribution in [2.75, 3.05) is 0 Å². The van der Waals surface area contributed by atoms with Crippen molar-refractivity contribution in [3.05, 3.63) is 170 Å². The van der Waals surface area contributed by atoms with Gasteiger partial charge in [0, 0.05) is 43.9 Å². The summed E-state index contributed by atoms with van der Waals surface area (Å²) in [7, 11) is 0. The quantitative estimate of drug-likeness (QED) is 0.186. The van der Waals surface area contributed by atoms with E-state index in [1.165, 1.54) is 0 Å². The molecule has 0 aliphatic carbocycles. The third-order valence-electron chi connectivity index (χ3n) is 8.84. The van der Waals surface area contributed by atoms with Gasteiger partial charge in [-0.15, -0.1) is 0 Å². The fourth-order valence-corrected chi connectivity index (χ4v) is 6.72. The Morgan fingerprint density at radius 2 is 1.12 bits per heavy atom. The summed E-state index contributed by atoms with van der Waals surface area (Å²) in [4.78, 5) is 14.0. The maximum absolute atomic E-state index is 8.79. The monoisotopic (exact) mass is 650 g/mol. The summed E-state index contributed by atoms with van der Waals surface area (Å²) in [5.74, 6) is -0.694. The lowest BCUT2D eigenvalue weighted by Crippen LogP contribution is -2.02. The molecule has 0 spiro atoms. The van der Waals surface area contributed by atoms with Crippen LogP contribution in [0.2, 0.25) is 0 Å². The zero-order chi connectivity index (χ0) is 41.7. The summed E-state index contributed by atoms with van der Waals surface area (Å²) in [6.45, 7) is 0. The molecule has 0 fully saturated rings. The number of rotatable bonds is 5. The van der Waals surface area contributed by atoms with Gasteiger partial charge in [0.05, 0.1) is 24.7 Å². The first-order valence-corrected chi connectivity index (χ1v) is 15.9. The van der Waals surface area contributed by atoms with E-state index in [9.17, 15) is 0 Å². The minimum atomic E-state index is -0.614. The molecule has 5 heteroatoms. The first-order chi connectivity index (χ1) is 28.9. The summed E-state index contributed by atoms with van der Waals surface area (Å²) >= 11 is 0. The van der Waals surface area contributed by atoms with Crippen LogP contribution in [0, 0.1) is 0 Å². The molecule has 0 aliphatic rings. The van der Waals surface area contributed by atoms with Crippen molar-refractivity contribution in [2.24, 2.45) is 0 Å². The second kappa shape index (κ2) is 11.4. The van der Waals surface area contributed by atoms with E-state index in [0.717, 1.165) is 49.5 Å². The minimum Gasteiger partial charge on any atom is -0.456 e. The van der Waals surface area contributed by atoms with Crippen molar-refractivity contribution >= 4 is 43.7 Å². The van der Waals surface area contributed by atoms with Crippen LogP contribution in [0.1, 0.15) is 13.7 Å². The smallest absolute Gasteiger partial charge is 0.166 e. The Balaban J connectivity index is 1.30. The van der Waals surface area contributed by atoms with Gasteiger partial charge in [0.25, 0.3) is 0 Å². The van der Waals surface area contributed by atoms with Crippen molar-refractivity contribution in [1.29, 1.82) is 0 Å². The summed E-state index contributed by atoms with van der Waals surface area (Å²) in [5.41, 5.74) is 5.52. The van der Waals surface area contributed by atoms with Gasteiger partial charge in [-0.25, -0.2) is 15.0 Å². The van der Waals surface area contributed by atoms with Crippen LogP contribution in [-0.2, 0) is 0 Å². The highest BCUT2D eigenvalue weighted by atomic mass is 16.3. The van der Waals surface area contributed by atoms with Crippen LogP contribution in [0.4, 0.5) is 0 Å². The van der Waals surface area contributed by atoms with Gasteiger partial charge in [-0.2, -0.15) is 0 Å². The Labute approximate surface area is 301 Å². The molecule has 5 nitrogen and oxygen atoms in total. The summed E-state index contributed by atoms with van der Waals surface area (Å²) in [5, 5.41) is 3.56. The van der Waals surface area contributed by atoms with Crippen LogP contribution < -0.4 is 0 Å². The van der Waals surface area contributed by atoms with Gasteiger partial charge in [-0.1, -0.05) is 133 Å². The van der Waals surface area contributed by atoms with Crippen LogP contribution in [-0.4, -0.2) is 19.5 Å². The second-order valence-corrected chi connectivity index (χ2v) is 11.7. The Morgan fingerprint density at radius 1 is 0.480 bits per heavy atom. The zero-order valence-electron chi connectivity index (χ0n) is 36.1. The highest BCUT2D eigenvalue weighted by Crippen LogP contribution is 2.41. The van der Waals surface area contributed by atoms with Gasteiger partial charge in [0.1, 0.15) is 11.2 Å². The van der Waals surface area contributed by atoms with Gasteiger partial charge < -0.3 is 8.98 Å². The number of fused-ring (bicyclic) bond motifs is 6. The van der Waals surface area contributed by atoms with E-state index in [4.69, 9.17) is 28.1 Å². The molecular formula is C45H28N4O. The molecule has 10 rings (SSSR count). The van der Waals surface area contributed by atoms with Gasteiger partial charge in [-0.05, 0) is 47.5 Å². The summed E-state index contributed by atoms with van der Waals surface area (Å²) in [6, 6.07) is 29.5. The van der Waals surface area contributed by atoms with Crippen molar-refractivity contribution in [2.45, 2.75) is 0 Å². The molecule has 234 valence electrons. The fraction of sp³-hybridized carbons (Fsp3) is 0. The molecule has 0 radical (unpaired) electrons. The average Bonchev–Trinajstić information content (AvgIpc) is 3.82. The topological polar surface area (TPSA) is 56.7 Å². The SMILES string of the molecule is [2H]c1c([2H])c([2H])c(-c2nc(-c3c([2H])c([2H])c([2H])c([2H])c3[2H])nc(-c3cccc4c5ccccc5n(-c5ccc6oc7cccc(-c8ccccc8)c7c6c5)c34)n2)c([2H])c1[2H]. The Morgan fingerprint density at radius 3 is 1.88 bits per heavy atom. The van der Waals surface area contributed by atoms with Crippen molar-refractivity contribution < 1.29 is 18.1 Å². The number of para-hydroxylation sites is 2. The van der Waals surface area contributed by atoms with Gasteiger partial charge in [0.15, 0.2) is 17.5 Å². The first-order valence-electron chi connectivity index (χ1n) is 20.9. The highest BCUT2D eigenvalue weighted by molar-refractivity contribution is 6.15. The molecule has 0 unspecified atom stereocenters. The lowest BCUT2D eigenvalue weighted by atomic mass is 9.99. The van der Waals surface area contributed by atoms with E-state index < -0.39 is 60.4 Å². The van der Waals surface area contributed by atoms with Crippen molar-refractivity contribution in [3.8, 4) is 51.0 Å². The van der Waals surface area contributed by atoms with Gasteiger partial charge in [-0.3, -0.25) is 0 Å². The average molecular weight is 651 g/mol. The Hall–Kier alpha value is -6.85. The normalized spacial score (nSPS) is 14.4. The van der Waals surface area contributed by atoms with E-state index in [1.54, 1.807) is 6.07 Å². The second-order valence-electron chi connectivity index (χ2n) is 11.7. The molecule has 50 heavy (non-hydrogen) atoms. The molecule has 7 aromatic carbocycles. The van der Waals surface area contributed by atoms with Crippen LogP contribution in [0.15, 0.2) is 174 Å².